The van der Waals surface area contributed by atoms with Crippen molar-refractivity contribution in [2.24, 2.45) is 0 Å². The molecule has 7 nitrogen and oxygen atoms in total. The van der Waals surface area contributed by atoms with Crippen molar-refractivity contribution < 1.29 is 28.5 Å². The van der Waals surface area contributed by atoms with Gasteiger partial charge in [0.2, 0.25) is 5.91 Å². The lowest BCUT2D eigenvalue weighted by Gasteiger charge is -2.19. The van der Waals surface area contributed by atoms with Gasteiger partial charge in [0.05, 0.1) is 40.9 Å². The highest BCUT2D eigenvalue weighted by molar-refractivity contribution is 5.78. The first-order chi connectivity index (χ1) is 14.0. The van der Waals surface area contributed by atoms with Crippen LogP contribution < -0.4 is 19.5 Å². The largest absolute Gasteiger partial charge is 0.497 e. The van der Waals surface area contributed by atoms with Crippen molar-refractivity contribution in [2.75, 3.05) is 28.4 Å². The van der Waals surface area contributed by atoms with Gasteiger partial charge >= 0.3 is 5.97 Å². The highest BCUT2D eigenvalue weighted by Gasteiger charge is 2.20. The van der Waals surface area contributed by atoms with E-state index in [1.54, 1.807) is 39.5 Å². The van der Waals surface area contributed by atoms with Crippen LogP contribution in [0.3, 0.4) is 0 Å². The van der Waals surface area contributed by atoms with E-state index >= 15 is 0 Å². The van der Waals surface area contributed by atoms with Crippen LogP contribution in [0.15, 0.2) is 42.5 Å². The lowest BCUT2D eigenvalue weighted by Crippen LogP contribution is -2.30. The number of ether oxygens (including phenoxy) is 4. The zero-order valence-corrected chi connectivity index (χ0v) is 17.2. The fourth-order valence-electron chi connectivity index (χ4n) is 3.00. The molecule has 2 aromatic rings. The van der Waals surface area contributed by atoms with Gasteiger partial charge in [0.25, 0.3) is 0 Å². The van der Waals surface area contributed by atoms with E-state index in [0.717, 1.165) is 11.1 Å². The smallest absolute Gasteiger partial charge is 0.307 e. The number of esters is 1. The monoisotopic (exact) mass is 401 g/mol. The van der Waals surface area contributed by atoms with E-state index < -0.39 is 12.0 Å². The summed E-state index contributed by atoms with van der Waals surface area (Å²) in [6, 6.07) is 12.3. The minimum atomic E-state index is -0.493. The summed E-state index contributed by atoms with van der Waals surface area (Å²) in [5.74, 6) is 1.35. The molecule has 156 valence electrons. The number of hydrogen-bond donors (Lipinski definition) is 1. The van der Waals surface area contributed by atoms with E-state index in [1.807, 2.05) is 24.3 Å². The van der Waals surface area contributed by atoms with Gasteiger partial charge < -0.3 is 24.3 Å². The number of benzene rings is 2. The number of carbonyl (C=O) groups is 2. The van der Waals surface area contributed by atoms with E-state index in [2.05, 4.69) is 5.32 Å². The van der Waals surface area contributed by atoms with E-state index in [4.69, 9.17) is 18.9 Å². The van der Waals surface area contributed by atoms with Gasteiger partial charge in [0.1, 0.15) is 5.75 Å². The first-order valence-corrected chi connectivity index (χ1v) is 9.22. The molecule has 2 rings (SSSR count). The summed E-state index contributed by atoms with van der Waals surface area (Å²) in [5.41, 5.74) is 1.67. The van der Waals surface area contributed by atoms with Crippen LogP contribution in [-0.4, -0.2) is 40.3 Å². The Morgan fingerprint density at radius 2 is 1.66 bits per heavy atom. The molecule has 1 N–H and O–H groups in total. The maximum atomic E-state index is 12.6. The maximum absolute atomic E-state index is 12.6. The Hall–Kier alpha value is -3.22. The van der Waals surface area contributed by atoms with Crippen molar-refractivity contribution in [2.45, 2.75) is 25.3 Å². The zero-order chi connectivity index (χ0) is 21.2. The Kier molecular flexibility index (Phi) is 8.33. The fraction of sp³-hybridized carbons (Fsp3) is 0.364. The molecular weight excluding hydrogens is 374 g/mol. The average molecular weight is 401 g/mol. The normalized spacial score (nSPS) is 11.3. The van der Waals surface area contributed by atoms with Crippen LogP contribution in [0.25, 0.3) is 0 Å². The second kappa shape index (κ2) is 10.9. The average Bonchev–Trinajstić information content (AvgIpc) is 2.76. The molecule has 0 radical (unpaired) electrons. The summed E-state index contributed by atoms with van der Waals surface area (Å²) >= 11 is 0. The second-order valence-electron chi connectivity index (χ2n) is 6.33. The third kappa shape index (κ3) is 6.14. The molecule has 0 aliphatic carbocycles. The molecule has 29 heavy (non-hydrogen) atoms. The number of carbonyl (C=O) groups excluding carboxylic acids is 2. The molecule has 0 aliphatic rings. The van der Waals surface area contributed by atoms with Crippen molar-refractivity contribution in [3.63, 3.8) is 0 Å². The van der Waals surface area contributed by atoms with Gasteiger partial charge in [-0.05, 0) is 35.7 Å². The summed E-state index contributed by atoms with van der Waals surface area (Å²) in [5, 5.41) is 2.92. The summed E-state index contributed by atoms with van der Waals surface area (Å²) in [7, 11) is 6.04. The predicted octanol–water partition coefficient (Wildman–Crippen LogP) is 3.07. The first-order valence-electron chi connectivity index (χ1n) is 9.22. The topological polar surface area (TPSA) is 83.1 Å². The molecule has 0 aliphatic heterocycles. The number of amides is 1. The number of nitrogens with one attached hydrogen (secondary N) is 1. The third-order valence-electron chi connectivity index (χ3n) is 4.56. The summed E-state index contributed by atoms with van der Waals surface area (Å²) < 4.78 is 20.6. The van der Waals surface area contributed by atoms with Crippen LogP contribution in [0.2, 0.25) is 0 Å². The molecule has 0 heterocycles. The van der Waals surface area contributed by atoms with Gasteiger partial charge in [0.15, 0.2) is 11.5 Å². The number of aryl methyl sites for hydroxylation is 1. The SMILES string of the molecule is COC(=O)C[C@H](NC(=O)CCc1cccc(OC)c1OC)c1ccc(OC)cc1. The van der Waals surface area contributed by atoms with Gasteiger partial charge in [-0.25, -0.2) is 0 Å². The van der Waals surface area contributed by atoms with Crippen LogP contribution in [0.4, 0.5) is 0 Å². The molecule has 0 aromatic heterocycles. The highest BCUT2D eigenvalue weighted by Crippen LogP contribution is 2.31. The van der Waals surface area contributed by atoms with Gasteiger partial charge in [-0.2, -0.15) is 0 Å². The van der Waals surface area contributed by atoms with Gasteiger partial charge in [0, 0.05) is 6.42 Å². The molecule has 0 unspecified atom stereocenters. The Bertz CT molecular complexity index is 819. The van der Waals surface area contributed by atoms with Crippen LogP contribution in [0, 0.1) is 0 Å². The van der Waals surface area contributed by atoms with Crippen LogP contribution >= 0.6 is 0 Å². The minimum absolute atomic E-state index is 0.0387. The molecular formula is C22H27NO6. The van der Waals surface area contributed by atoms with E-state index in [-0.39, 0.29) is 18.7 Å². The lowest BCUT2D eigenvalue weighted by atomic mass is 10.0. The van der Waals surface area contributed by atoms with Crippen molar-refractivity contribution in [1.29, 1.82) is 0 Å². The van der Waals surface area contributed by atoms with Gasteiger partial charge in [-0.3, -0.25) is 9.59 Å². The van der Waals surface area contributed by atoms with Crippen molar-refractivity contribution in [1.82, 2.24) is 5.32 Å². The molecule has 2 aromatic carbocycles. The molecule has 0 fully saturated rings. The predicted molar refractivity (Wildman–Crippen MR) is 108 cm³/mol. The van der Waals surface area contributed by atoms with Crippen LogP contribution in [-0.2, 0) is 20.7 Å². The first kappa shape index (κ1) is 22.1. The Balaban J connectivity index is 2.08. The molecule has 1 amide bonds. The molecule has 7 heteroatoms. The summed E-state index contributed by atoms with van der Waals surface area (Å²) in [6.07, 6.45) is 0.744. The van der Waals surface area contributed by atoms with E-state index in [0.29, 0.717) is 23.7 Å². The molecule has 0 spiro atoms. The molecule has 0 saturated carbocycles. The van der Waals surface area contributed by atoms with Crippen molar-refractivity contribution in [3.05, 3.63) is 53.6 Å². The number of methoxy groups -OCH3 is 4. The van der Waals surface area contributed by atoms with Crippen LogP contribution in [0.5, 0.6) is 17.2 Å². The second-order valence-corrected chi connectivity index (χ2v) is 6.33. The van der Waals surface area contributed by atoms with Crippen molar-refractivity contribution >= 4 is 11.9 Å². The summed E-state index contributed by atoms with van der Waals surface area (Å²) in [6.45, 7) is 0. The Morgan fingerprint density at radius 1 is 0.931 bits per heavy atom. The van der Waals surface area contributed by atoms with E-state index in [1.165, 1.54) is 7.11 Å². The van der Waals surface area contributed by atoms with Gasteiger partial charge in [-0.15, -0.1) is 0 Å². The number of para-hydroxylation sites is 1. The molecule has 1 atom stereocenters. The number of rotatable bonds is 10. The lowest BCUT2D eigenvalue weighted by molar-refractivity contribution is -0.141. The standard InChI is InChI=1S/C22H27NO6/c1-26-17-11-8-15(9-12-17)18(14-21(25)28-3)23-20(24)13-10-16-6-5-7-19(27-2)22(16)29-4/h5-9,11-12,18H,10,13-14H2,1-4H3,(H,23,24)/t18-/m0/s1. The fourth-order valence-corrected chi connectivity index (χ4v) is 3.00. The zero-order valence-electron chi connectivity index (χ0n) is 17.2. The summed E-state index contributed by atoms with van der Waals surface area (Å²) in [4.78, 5) is 24.4. The molecule has 0 bridgehead atoms. The third-order valence-corrected chi connectivity index (χ3v) is 4.56. The minimum Gasteiger partial charge on any atom is -0.497 e. The highest BCUT2D eigenvalue weighted by atomic mass is 16.5. The Morgan fingerprint density at radius 3 is 2.24 bits per heavy atom. The Labute approximate surface area is 170 Å². The molecule has 0 saturated heterocycles. The quantitative estimate of drug-likeness (QED) is 0.616. The van der Waals surface area contributed by atoms with Crippen molar-refractivity contribution in [3.8, 4) is 17.2 Å². The maximum Gasteiger partial charge on any atom is 0.307 e. The number of hydrogen-bond acceptors (Lipinski definition) is 6. The van der Waals surface area contributed by atoms with E-state index in [9.17, 15) is 9.59 Å². The van der Waals surface area contributed by atoms with Crippen LogP contribution in [0.1, 0.15) is 30.0 Å². The van der Waals surface area contributed by atoms with Gasteiger partial charge in [-0.1, -0.05) is 24.3 Å².